The maximum Gasteiger partial charge on any atom is 0.321 e. The number of nitrogens with one attached hydrogen (secondary N) is 2. The van der Waals surface area contributed by atoms with Crippen LogP contribution in [0, 0.1) is 0 Å². The molecule has 0 bridgehead atoms. The van der Waals surface area contributed by atoms with Gasteiger partial charge in [-0.1, -0.05) is 48.6 Å². The summed E-state index contributed by atoms with van der Waals surface area (Å²) in [6, 6.07) is 9.57. The number of anilines is 1. The van der Waals surface area contributed by atoms with Gasteiger partial charge in [-0.05, 0) is 19.4 Å². The summed E-state index contributed by atoms with van der Waals surface area (Å²) in [5.74, 6) is 2.21. The van der Waals surface area contributed by atoms with Crippen molar-refractivity contribution in [3.63, 3.8) is 0 Å². The van der Waals surface area contributed by atoms with E-state index in [2.05, 4.69) is 20.6 Å². The number of carbonyl (C=O) groups is 1. The molecule has 0 spiro atoms. The largest absolute Gasteiger partial charge is 0.445 e. The third-order valence-electron chi connectivity index (χ3n) is 3.91. The van der Waals surface area contributed by atoms with Crippen LogP contribution in [0.15, 0.2) is 51.4 Å². The van der Waals surface area contributed by atoms with Crippen molar-refractivity contribution in [3.05, 3.63) is 59.9 Å². The van der Waals surface area contributed by atoms with Gasteiger partial charge in [0.15, 0.2) is 5.13 Å². The molecule has 2 heterocycles. The van der Waals surface area contributed by atoms with Crippen molar-refractivity contribution in [2.75, 3.05) is 5.32 Å². The molecule has 1 aromatic carbocycles. The lowest BCUT2D eigenvalue weighted by atomic mass is 9.95. The van der Waals surface area contributed by atoms with E-state index in [-0.39, 0.29) is 6.03 Å². The van der Waals surface area contributed by atoms with Crippen LogP contribution >= 0.6 is 23.1 Å². The minimum absolute atomic E-state index is 0.282. The monoisotopic (exact) mass is 402 g/mol. The van der Waals surface area contributed by atoms with Gasteiger partial charge in [0, 0.05) is 6.42 Å². The number of hydrogen-bond acceptors (Lipinski definition) is 6. The first-order valence-corrected chi connectivity index (χ1v) is 10.4. The Bertz CT molecular complexity index is 890. The lowest BCUT2D eigenvalue weighted by Crippen LogP contribution is -2.43. The molecule has 0 saturated heterocycles. The normalized spacial score (nSPS) is 11.4. The summed E-state index contributed by atoms with van der Waals surface area (Å²) in [4.78, 5) is 20.8. The highest BCUT2D eigenvalue weighted by Gasteiger charge is 2.23. The molecule has 0 atom stereocenters. The molecule has 2 aromatic heterocycles. The average Bonchev–Trinajstić information content (AvgIpc) is 3.29. The second-order valence-corrected chi connectivity index (χ2v) is 8.72. The van der Waals surface area contributed by atoms with Crippen LogP contribution < -0.4 is 10.6 Å². The fourth-order valence-electron chi connectivity index (χ4n) is 2.43. The number of nitrogens with zero attached hydrogens (tertiary/aromatic N) is 2. The maximum absolute atomic E-state index is 12.3. The Balaban J connectivity index is 1.53. The smallest absolute Gasteiger partial charge is 0.321 e. The van der Waals surface area contributed by atoms with Crippen LogP contribution in [0.4, 0.5) is 9.93 Å². The zero-order chi connectivity index (χ0) is 19.3. The molecule has 27 heavy (non-hydrogen) atoms. The number of aromatic nitrogens is 2. The van der Waals surface area contributed by atoms with Crippen molar-refractivity contribution in [3.8, 4) is 0 Å². The van der Waals surface area contributed by atoms with Crippen molar-refractivity contribution >= 4 is 34.3 Å². The van der Waals surface area contributed by atoms with Crippen LogP contribution in [0.25, 0.3) is 0 Å². The molecule has 3 rings (SSSR count). The molecule has 0 unspecified atom stereocenters. The number of carbonyl (C=O) groups excluding carboxylic acids is 1. The molecule has 0 aliphatic carbocycles. The first-order valence-electron chi connectivity index (χ1n) is 8.63. The third-order valence-corrected chi connectivity index (χ3v) is 6.01. The molecule has 2 amide bonds. The number of thioether (sulfide) groups is 1. The average molecular weight is 403 g/mol. The first-order chi connectivity index (χ1) is 13.0. The van der Waals surface area contributed by atoms with Crippen LogP contribution in [-0.2, 0) is 17.7 Å². The minimum atomic E-state index is -0.484. The number of benzene rings is 1. The van der Waals surface area contributed by atoms with Gasteiger partial charge in [0.1, 0.15) is 5.76 Å². The van der Waals surface area contributed by atoms with E-state index in [1.54, 1.807) is 24.2 Å². The highest BCUT2D eigenvalue weighted by molar-refractivity contribution is 8.00. The maximum atomic E-state index is 12.3. The van der Waals surface area contributed by atoms with Crippen molar-refractivity contribution in [1.29, 1.82) is 0 Å². The van der Waals surface area contributed by atoms with Crippen LogP contribution in [0.1, 0.15) is 38.0 Å². The van der Waals surface area contributed by atoms with E-state index in [9.17, 15) is 4.79 Å². The molecule has 3 aromatic rings. The molecular weight excluding hydrogens is 380 g/mol. The van der Waals surface area contributed by atoms with Crippen molar-refractivity contribution < 1.29 is 9.21 Å². The Morgan fingerprint density at radius 2 is 2.00 bits per heavy atom. The highest BCUT2D eigenvalue weighted by Crippen LogP contribution is 2.30. The van der Waals surface area contributed by atoms with E-state index in [0.717, 1.165) is 22.0 Å². The Kier molecular flexibility index (Phi) is 6.18. The molecule has 8 heteroatoms. The predicted molar refractivity (Wildman–Crippen MR) is 109 cm³/mol. The topological polar surface area (TPSA) is 80.0 Å². The van der Waals surface area contributed by atoms with Crippen molar-refractivity contribution in [2.45, 2.75) is 42.7 Å². The predicted octanol–water partition coefficient (Wildman–Crippen LogP) is 5.04. The summed E-state index contributed by atoms with van der Waals surface area (Å²) < 4.78 is 6.59. The Hall–Kier alpha value is -2.32. The summed E-state index contributed by atoms with van der Waals surface area (Å²) in [6.07, 6.45) is 4.34. The van der Waals surface area contributed by atoms with E-state index in [1.807, 2.05) is 51.1 Å². The zero-order valence-electron chi connectivity index (χ0n) is 15.5. The van der Waals surface area contributed by atoms with E-state index in [4.69, 9.17) is 4.42 Å². The first kappa shape index (κ1) is 19.4. The molecular formula is C19H22N4O2S2. The molecule has 6 nitrogen and oxygen atoms in total. The van der Waals surface area contributed by atoms with Gasteiger partial charge in [-0.3, -0.25) is 5.32 Å². The van der Waals surface area contributed by atoms with E-state index in [1.165, 1.54) is 11.3 Å². The van der Waals surface area contributed by atoms with E-state index < -0.39 is 5.54 Å². The Morgan fingerprint density at radius 3 is 2.70 bits per heavy atom. The van der Waals surface area contributed by atoms with E-state index >= 15 is 0 Å². The molecule has 142 valence electrons. The van der Waals surface area contributed by atoms with Crippen LogP contribution in [0.3, 0.4) is 0 Å². The number of oxazole rings is 1. The quantitative estimate of drug-likeness (QED) is 0.541. The summed E-state index contributed by atoms with van der Waals surface area (Å²) >= 11 is 3.01. The fraction of sp³-hybridized carbons (Fsp3) is 0.316. The van der Waals surface area contributed by atoms with Crippen molar-refractivity contribution in [1.82, 2.24) is 15.3 Å². The minimum Gasteiger partial charge on any atom is -0.445 e. The van der Waals surface area contributed by atoms with Gasteiger partial charge >= 0.3 is 6.03 Å². The van der Waals surface area contributed by atoms with Gasteiger partial charge in [-0.15, -0.1) is 11.8 Å². The SMILES string of the molecule is CCc1cnc(CSc2cnc(NC(=O)NC(C)(C)c3ccccc3)s2)o1. The Labute approximate surface area is 166 Å². The second-order valence-electron chi connectivity index (χ2n) is 6.42. The van der Waals surface area contributed by atoms with Gasteiger partial charge < -0.3 is 9.73 Å². The van der Waals surface area contributed by atoms with Crippen LogP contribution in [0.5, 0.6) is 0 Å². The Morgan fingerprint density at radius 1 is 1.22 bits per heavy atom. The number of thiazole rings is 1. The molecule has 0 aliphatic heterocycles. The van der Waals surface area contributed by atoms with Gasteiger partial charge in [-0.2, -0.15) is 0 Å². The molecule has 0 saturated carbocycles. The standard InChI is InChI=1S/C19H22N4O2S2/c1-4-14-10-20-15(25-14)12-26-16-11-21-18(27-16)22-17(24)23-19(2,3)13-8-6-5-7-9-13/h5-11H,4,12H2,1-3H3,(H2,21,22,23,24). The molecule has 0 fully saturated rings. The third kappa shape index (κ3) is 5.33. The fourth-order valence-corrected chi connectivity index (χ4v) is 4.15. The van der Waals surface area contributed by atoms with Gasteiger partial charge in [-0.25, -0.2) is 14.8 Å². The highest BCUT2D eigenvalue weighted by atomic mass is 32.2. The molecule has 0 aliphatic rings. The summed E-state index contributed by atoms with van der Waals surface area (Å²) in [6.45, 7) is 5.96. The van der Waals surface area contributed by atoms with Crippen LogP contribution in [0.2, 0.25) is 0 Å². The van der Waals surface area contributed by atoms with Crippen molar-refractivity contribution in [2.24, 2.45) is 0 Å². The zero-order valence-corrected chi connectivity index (χ0v) is 17.1. The van der Waals surface area contributed by atoms with Gasteiger partial charge in [0.2, 0.25) is 5.89 Å². The lowest BCUT2D eigenvalue weighted by Gasteiger charge is -2.26. The molecule has 2 N–H and O–H groups in total. The summed E-state index contributed by atoms with van der Waals surface area (Å²) in [7, 11) is 0. The number of amides is 2. The summed E-state index contributed by atoms with van der Waals surface area (Å²) in [5.41, 5.74) is 0.551. The summed E-state index contributed by atoms with van der Waals surface area (Å²) in [5, 5.41) is 6.34. The van der Waals surface area contributed by atoms with E-state index in [0.29, 0.717) is 16.8 Å². The number of hydrogen-bond donors (Lipinski definition) is 2. The number of aryl methyl sites for hydroxylation is 1. The number of urea groups is 1. The van der Waals surface area contributed by atoms with Crippen LogP contribution in [-0.4, -0.2) is 16.0 Å². The second kappa shape index (κ2) is 8.58. The van der Waals surface area contributed by atoms with Gasteiger partial charge in [0.25, 0.3) is 0 Å². The lowest BCUT2D eigenvalue weighted by molar-refractivity contribution is 0.242. The number of rotatable bonds is 7. The molecule has 0 radical (unpaired) electrons. The van der Waals surface area contributed by atoms with Gasteiger partial charge in [0.05, 0.1) is 27.9 Å².